The van der Waals surface area contributed by atoms with Gasteiger partial charge >= 0.3 is 0 Å². The number of aromatic nitrogens is 5. The Morgan fingerprint density at radius 2 is 1.89 bits per heavy atom. The van der Waals surface area contributed by atoms with Gasteiger partial charge in [0.1, 0.15) is 5.82 Å². The number of hydrogen-bond donors (Lipinski definition) is 2. The molecule has 1 aromatic carbocycles. The molecule has 0 aliphatic rings. The molecular weight excluding hydrogens is 372 g/mol. The molecule has 7 heteroatoms. The molecule has 0 saturated carbocycles. The van der Waals surface area contributed by atoms with Gasteiger partial charge in [-0.15, -0.1) is 16.7 Å². The fourth-order valence-corrected chi connectivity index (χ4v) is 2.86. The van der Waals surface area contributed by atoms with Crippen molar-refractivity contribution in [3.8, 4) is 0 Å². The second kappa shape index (κ2) is 13.8. The third kappa shape index (κ3) is 8.13. The third-order valence-corrected chi connectivity index (χ3v) is 4.24. The molecule has 1 atom stereocenters. The quantitative estimate of drug-likeness (QED) is 0.422. The maximum atomic E-state index is 5.76. The summed E-state index contributed by atoms with van der Waals surface area (Å²) in [6, 6.07) is 10.4. The molecule has 154 valence electrons. The van der Waals surface area contributed by atoms with Gasteiger partial charge in [0.05, 0.1) is 12.0 Å². The number of unbranched alkanes of at least 4 members (excludes halogenated alkanes) is 1. The highest BCUT2D eigenvalue weighted by Gasteiger charge is 2.17. The summed E-state index contributed by atoms with van der Waals surface area (Å²) in [5.74, 6) is 2.50. The van der Waals surface area contributed by atoms with Crippen LogP contribution in [-0.2, 0) is 7.05 Å². The van der Waals surface area contributed by atoms with E-state index in [1.807, 2.05) is 51.7 Å². The average molecular weight is 405 g/mol. The molecule has 2 N–H and O–H groups in total. The third-order valence-electron chi connectivity index (χ3n) is 3.97. The minimum atomic E-state index is 0.249. The first kappa shape index (κ1) is 23.7. The van der Waals surface area contributed by atoms with E-state index in [1.165, 1.54) is 5.56 Å². The van der Waals surface area contributed by atoms with Crippen LogP contribution in [-0.4, -0.2) is 37.7 Å². The maximum absolute atomic E-state index is 5.76. The first-order chi connectivity index (χ1) is 13.6. The minimum Gasteiger partial charge on any atom is -0.356 e. The normalized spacial score (nSPS) is 10.9. The predicted octanol–water partition coefficient (Wildman–Crippen LogP) is 5.14. The molecule has 0 saturated heterocycles. The molecule has 0 fully saturated rings. The van der Waals surface area contributed by atoms with E-state index in [4.69, 9.17) is 11.6 Å². The minimum absolute atomic E-state index is 0.249. The van der Waals surface area contributed by atoms with Gasteiger partial charge in [-0.1, -0.05) is 50.6 Å². The molecule has 0 bridgehead atoms. The van der Waals surface area contributed by atoms with Crippen molar-refractivity contribution in [3.63, 3.8) is 0 Å². The molecule has 0 aliphatic heterocycles. The largest absolute Gasteiger partial charge is 0.356 e. The van der Waals surface area contributed by atoms with Gasteiger partial charge in [-0.2, -0.15) is 4.98 Å². The number of halogens is 1. The number of nitrogens with zero attached hydrogens (tertiary/aromatic N) is 4. The Morgan fingerprint density at radius 1 is 1.18 bits per heavy atom. The van der Waals surface area contributed by atoms with Crippen molar-refractivity contribution in [2.45, 2.75) is 46.0 Å². The Hall–Kier alpha value is -2.34. The Morgan fingerprint density at radius 3 is 2.36 bits per heavy atom. The number of alkyl halides is 1. The lowest BCUT2D eigenvalue weighted by Gasteiger charge is -2.14. The van der Waals surface area contributed by atoms with Crippen LogP contribution < -0.4 is 5.32 Å². The van der Waals surface area contributed by atoms with Crippen molar-refractivity contribution < 1.29 is 0 Å². The van der Waals surface area contributed by atoms with Crippen LogP contribution in [0.25, 0.3) is 0 Å². The Bertz CT molecular complexity index is 737. The number of rotatable bonds is 7. The number of aryl methyl sites for hydroxylation is 2. The van der Waals surface area contributed by atoms with E-state index < -0.39 is 0 Å². The zero-order chi connectivity index (χ0) is 20.8. The van der Waals surface area contributed by atoms with E-state index in [2.05, 4.69) is 49.7 Å². The average Bonchev–Trinajstić information content (AvgIpc) is 3.36. The highest BCUT2D eigenvalue weighted by atomic mass is 35.5. The summed E-state index contributed by atoms with van der Waals surface area (Å²) >= 11 is 5.76. The van der Waals surface area contributed by atoms with Crippen LogP contribution in [0, 0.1) is 6.92 Å². The van der Waals surface area contributed by atoms with Crippen LogP contribution in [0.4, 0.5) is 5.95 Å². The van der Waals surface area contributed by atoms with E-state index in [0.717, 1.165) is 30.8 Å². The van der Waals surface area contributed by atoms with Crippen LogP contribution in [0.3, 0.4) is 0 Å². The lowest BCUT2D eigenvalue weighted by molar-refractivity contribution is 0.626. The van der Waals surface area contributed by atoms with E-state index in [-0.39, 0.29) is 5.92 Å². The van der Waals surface area contributed by atoms with Crippen molar-refractivity contribution in [1.29, 1.82) is 0 Å². The Labute approximate surface area is 173 Å². The number of hydrogen-bond acceptors (Lipinski definition) is 4. The zero-order valence-corrected chi connectivity index (χ0v) is 18.4. The van der Waals surface area contributed by atoms with Gasteiger partial charge in [-0.3, -0.25) is 5.10 Å². The smallest absolute Gasteiger partial charge is 0.241 e. The van der Waals surface area contributed by atoms with Crippen LogP contribution >= 0.6 is 11.6 Å². The highest BCUT2D eigenvalue weighted by molar-refractivity contribution is 6.17. The zero-order valence-electron chi connectivity index (χ0n) is 17.6. The highest BCUT2D eigenvalue weighted by Crippen LogP contribution is 2.27. The number of aromatic amines is 1. The number of anilines is 1. The molecule has 0 spiro atoms. The van der Waals surface area contributed by atoms with Crippen LogP contribution in [0.5, 0.6) is 0 Å². The molecule has 2 heterocycles. The molecule has 0 aliphatic carbocycles. The Kier molecular flexibility index (Phi) is 11.7. The predicted molar refractivity (Wildman–Crippen MR) is 118 cm³/mol. The van der Waals surface area contributed by atoms with E-state index in [1.54, 1.807) is 6.33 Å². The Balaban J connectivity index is 0.000000363. The van der Waals surface area contributed by atoms with E-state index in [9.17, 15) is 0 Å². The monoisotopic (exact) mass is 404 g/mol. The molecule has 3 rings (SSSR count). The number of benzene rings is 1. The van der Waals surface area contributed by atoms with Crippen molar-refractivity contribution in [2.75, 3.05) is 18.2 Å². The molecule has 0 radical (unpaired) electrons. The molecule has 1 unspecified atom stereocenters. The van der Waals surface area contributed by atoms with Gasteiger partial charge in [0.2, 0.25) is 5.95 Å². The topological polar surface area (TPSA) is 71.4 Å². The van der Waals surface area contributed by atoms with Crippen molar-refractivity contribution in [1.82, 2.24) is 24.7 Å². The fraction of sp³-hybridized carbons (Fsp3) is 0.476. The van der Waals surface area contributed by atoms with E-state index in [0.29, 0.717) is 11.8 Å². The second-order valence-electron chi connectivity index (χ2n) is 6.12. The van der Waals surface area contributed by atoms with Gasteiger partial charge in [0, 0.05) is 32.1 Å². The number of imidazole rings is 1. The summed E-state index contributed by atoms with van der Waals surface area (Å²) in [5.41, 5.74) is 2.33. The molecule has 3 aromatic rings. The number of H-pyrrole nitrogens is 1. The van der Waals surface area contributed by atoms with Crippen LogP contribution in [0.1, 0.15) is 56.1 Å². The summed E-state index contributed by atoms with van der Waals surface area (Å²) in [6.45, 7) is 5.97. The van der Waals surface area contributed by atoms with E-state index >= 15 is 0 Å². The summed E-state index contributed by atoms with van der Waals surface area (Å²) in [4.78, 5) is 8.45. The summed E-state index contributed by atoms with van der Waals surface area (Å²) < 4.78 is 1.93. The van der Waals surface area contributed by atoms with Crippen molar-refractivity contribution >= 4 is 17.5 Å². The maximum Gasteiger partial charge on any atom is 0.241 e. The summed E-state index contributed by atoms with van der Waals surface area (Å²) in [6.07, 6.45) is 6.89. The number of nitrogens with one attached hydrogen (secondary N) is 2. The first-order valence-electron chi connectivity index (χ1n) is 9.79. The lowest BCUT2D eigenvalue weighted by Crippen LogP contribution is -2.04. The second-order valence-corrected chi connectivity index (χ2v) is 6.50. The fourth-order valence-electron chi connectivity index (χ4n) is 2.68. The molecule has 0 amide bonds. The molecular formula is C21H33ClN6. The molecule has 6 nitrogen and oxygen atoms in total. The van der Waals surface area contributed by atoms with Crippen LogP contribution in [0.2, 0.25) is 0 Å². The SMILES string of the molecule is CC.CNc1n[nH]c(C(CCCCCl)c2ccccc2)n1.Cc1cn(C)cn1. The summed E-state index contributed by atoms with van der Waals surface area (Å²) in [5, 5.41) is 10.1. The van der Waals surface area contributed by atoms with Crippen molar-refractivity contribution in [3.05, 3.63) is 59.9 Å². The first-order valence-corrected chi connectivity index (χ1v) is 10.3. The summed E-state index contributed by atoms with van der Waals surface area (Å²) in [7, 11) is 3.78. The molecule has 2 aromatic heterocycles. The van der Waals surface area contributed by atoms with Gasteiger partial charge in [0.25, 0.3) is 0 Å². The van der Waals surface area contributed by atoms with Gasteiger partial charge in [-0.05, 0) is 25.3 Å². The lowest BCUT2D eigenvalue weighted by atomic mass is 9.93. The van der Waals surface area contributed by atoms with Gasteiger partial charge in [0.15, 0.2) is 0 Å². The standard InChI is InChI=1S/C14H19ClN4.C5H8N2.C2H6/c1-16-14-17-13(18-19-14)12(9-5-6-10-15)11-7-3-2-4-8-11;1-5-3-7(2)4-6-5;1-2/h2-4,7-8,12H,5-6,9-10H2,1H3,(H2,16,17,18,19);3-4H,1-2H3;1-2H3. The van der Waals surface area contributed by atoms with Gasteiger partial charge in [-0.25, -0.2) is 4.98 Å². The van der Waals surface area contributed by atoms with Gasteiger partial charge < -0.3 is 9.88 Å². The molecule has 28 heavy (non-hydrogen) atoms. The van der Waals surface area contributed by atoms with Crippen molar-refractivity contribution in [2.24, 2.45) is 7.05 Å². The van der Waals surface area contributed by atoms with Crippen LogP contribution in [0.15, 0.2) is 42.9 Å².